The van der Waals surface area contributed by atoms with Crippen LogP contribution in [0.15, 0.2) is 72.9 Å². The summed E-state index contributed by atoms with van der Waals surface area (Å²) in [6.45, 7) is 6.41. The molecule has 6 heteroatoms. The molecule has 0 aliphatic heterocycles. The second kappa shape index (κ2) is 47.5. The van der Waals surface area contributed by atoms with Gasteiger partial charge in [0.2, 0.25) is 0 Å². The summed E-state index contributed by atoms with van der Waals surface area (Å²) < 4.78 is 16.7. The van der Waals surface area contributed by atoms with Crippen LogP contribution < -0.4 is 0 Å². The fraction of sp³-hybridized carbons (Fsp3) is 0.717. The van der Waals surface area contributed by atoms with Gasteiger partial charge in [-0.15, -0.1) is 0 Å². The molecule has 0 aromatic rings. The molecule has 0 aromatic heterocycles. The van der Waals surface area contributed by atoms with Gasteiger partial charge in [-0.3, -0.25) is 14.4 Å². The van der Waals surface area contributed by atoms with Crippen molar-refractivity contribution in [1.82, 2.24) is 0 Å². The molecule has 6 nitrogen and oxygen atoms in total. The molecule has 59 heavy (non-hydrogen) atoms. The highest BCUT2D eigenvalue weighted by Gasteiger charge is 2.19. The lowest BCUT2D eigenvalue weighted by Gasteiger charge is -2.18. The third-order valence-electron chi connectivity index (χ3n) is 10.2. The number of unbranched alkanes of at least 4 members (excludes halogenated alkanes) is 20. The number of carbonyl (C=O) groups excluding carboxylic acids is 3. The number of hydrogen-bond donors (Lipinski definition) is 0. The highest BCUT2D eigenvalue weighted by molar-refractivity contribution is 5.71. The Hall–Kier alpha value is -3.15. The summed E-state index contributed by atoms with van der Waals surface area (Å²) in [4.78, 5) is 37.8. The molecule has 0 aromatic carbocycles. The van der Waals surface area contributed by atoms with Crippen LogP contribution in [0, 0.1) is 0 Å². The van der Waals surface area contributed by atoms with E-state index in [1.54, 1.807) is 0 Å². The van der Waals surface area contributed by atoms with Crippen molar-refractivity contribution in [2.75, 3.05) is 13.2 Å². The zero-order valence-electron chi connectivity index (χ0n) is 38.5. The fourth-order valence-electron chi connectivity index (χ4n) is 6.50. The van der Waals surface area contributed by atoms with Crippen LogP contribution in [0.4, 0.5) is 0 Å². The monoisotopic (exact) mass is 823 g/mol. The van der Waals surface area contributed by atoms with E-state index in [4.69, 9.17) is 14.2 Å². The van der Waals surface area contributed by atoms with E-state index >= 15 is 0 Å². The SMILES string of the molecule is CC/C=C\C/C=C\C/C=C\C/C=C\CCC(=O)OC(COC(=O)CCCCCCC/C=C\CCCCCC)COC(=O)CCCCCCC/C=C\CCCCCCCC. The summed E-state index contributed by atoms with van der Waals surface area (Å²) >= 11 is 0. The minimum Gasteiger partial charge on any atom is -0.462 e. The van der Waals surface area contributed by atoms with E-state index in [9.17, 15) is 14.4 Å². The second-order valence-electron chi connectivity index (χ2n) is 16.0. The zero-order chi connectivity index (χ0) is 43.0. The van der Waals surface area contributed by atoms with Gasteiger partial charge in [-0.1, -0.05) is 184 Å². The lowest BCUT2D eigenvalue weighted by Crippen LogP contribution is -2.30. The Bertz CT molecular complexity index is 1130. The molecule has 338 valence electrons. The molecule has 0 amide bonds. The van der Waals surface area contributed by atoms with Gasteiger partial charge in [0, 0.05) is 19.3 Å². The Kier molecular flexibility index (Phi) is 45.0. The summed E-state index contributed by atoms with van der Waals surface area (Å²) in [6.07, 6.45) is 59.0. The molecule has 0 fully saturated rings. The van der Waals surface area contributed by atoms with Crippen molar-refractivity contribution in [3.05, 3.63) is 72.9 Å². The van der Waals surface area contributed by atoms with Gasteiger partial charge in [0.1, 0.15) is 13.2 Å². The van der Waals surface area contributed by atoms with Crippen LogP contribution in [0.5, 0.6) is 0 Å². The third-order valence-corrected chi connectivity index (χ3v) is 10.2. The highest BCUT2D eigenvalue weighted by atomic mass is 16.6. The van der Waals surface area contributed by atoms with Crippen LogP contribution in [0.1, 0.15) is 226 Å². The Morgan fingerprint density at radius 2 is 0.695 bits per heavy atom. The molecule has 1 unspecified atom stereocenters. The van der Waals surface area contributed by atoms with Crippen molar-refractivity contribution in [3.8, 4) is 0 Å². The Balaban J connectivity index is 4.49. The summed E-state index contributed by atoms with van der Waals surface area (Å²) in [7, 11) is 0. The van der Waals surface area contributed by atoms with E-state index in [0.29, 0.717) is 19.3 Å². The third kappa shape index (κ3) is 45.8. The van der Waals surface area contributed by atoms with E-state index in [1.807, 2.05) is 12.2 Å². The Morgan fingerprint density at radius 3 is 1.12 bits per heavy atom. The molecule has 0 saturated carbocycles. The van der Waals surface area contributed by atoms with E-state index < -0.39 is 12.1 Å². The minimum absolute atomic E-state index is 0.111. The van der Waals surface area contributed by atoms with Gasteiger partial charge >= 0.3 is 17.9 Å². The van der Waals surface area contributed by atoms with Crippen molar-refractivity contribution in [2.24, 2.45) is 0 Å². The average molecular weight is 823 g/mol. The van der Waals surface area contributed by atoms with Gasteiger partial charge in [-0.25, -0.2) is 0 Å². The average Bonchev–Trinajstić information content (AvgIpc) is 3.23. The van der Waals surface area contributed by atoms with Crippen molar-refractivity contribution < 1.29 is 28.6 Å². The van der Waals surface area contributed by atoms with Gasteiger partial charge in [-0.2, -0.15) is 0 Å². The molecule has 0 N–H and O–H groups in total. The number of hydrogen-bond acceptors (Lipinski definition) is 6. The molecule has 0 saturated heterocycles. The van der Waals surface area contributed by atoms with Crippen LogP contribution in [0.25, 0.3) is 0 Å². The molecular formula is C53H90O6. The second-order valence-corrected chi connectivity index (χ2v) is 16.0. The van der Waals surface area contributed by atoms with Gasteiger partial charge in [0.25, 0.3) is 0 Å². The minimum atomic E-state index is -0.818. The maximum absolute atomic E-state index is 12.7. The molecule has 0 aliphatic carbocycles. The van der Waals surface area contributed by atoms with E-state index in [-0.39, 0.29) is 31.6 Å². The zero-order valence-corrected chi connectivity index (χ0v) is 38.5. The summed E-state index contributed by atoms with van der Waals surface area (Å²) in [6, 6.07) is 0. The lowest BCUT2D eigenvalue weighted by atomic mass is 10.1. The number of carbonyl (C=O) groups is 3. The molecule has 1 atom stereocenters. The molecular weight excluding hydrogens is 733 g/mol. The van der Waals surface area contributed by atoms with Crippen molar-refractivity contribution in [3.63, 3.8) is 0 Å². The van der Waals surface area contributed by atoms with E-state index in [1.165, 1.54) is 89.9 Å². The van der Waals surface area contributed by atoms with Crippen LogP contribution in [-0.4, -0.2) is 37.2 Å². The first-order valence-electron chi connectivity index (χ1n) is 24.4. The number of ether oxygens (including phenoxy) is 3. The summed E-state index contributed by atoms with van der Waals surface area (Å²) in [5, 5.41) is 0. The maximum atomic E-state index is 12.7. The van der Waals surface area contributed by atoms with Crippen LogP contribution >= 0.6 is 0 Å². The smallest absolute Gasteiger partial charge is 0.306 e. The first-order valence-corrected chi connectivity index (χ1v) is 24.4. The van der Waals surface area contributed by atoms with Gasteiger partial charge in [0.05, 0.1) is 0 Å². The lowest BCUT2D eigenvalue weighted by molar-refractivity contribution is -0.166. The Labute approximate surface area is 363 Å². The number of rotatable bonds is 43. The van der Waals surface area contributed by atoms with E-state index in [2.05, 4.69) is 81.5 Å². The van der Waals surface area contributed by atoms with Crippen molar-refractivity contribution in [2.45, 2.75) is 232 Å². The predicted octanol–water partition coefficient (Wildman–Crippen LogP) is 15.9. The van der Waals surface area contributed by atoms with Crippen LogP contribution in [0.3, 0.4) is 0 Å². The quantitative estimate of drug-likeness (QED) is 0.0264. The number of allylic oxidation sites excluding steroid dienone is 12. The van der Waals surface area contributed by atoms with Crippen LogP contribution in [-0.2, 0) is 28.6 Å². The van der Waals surface area contributed by atoms with Gasteiger partial charge < -0.3 is 14.2 Å². The van der Waals surface area contributed by atoms with E-state index in [0.717, 1.165) is 89.9 Å². The topological polar surface area (TPSA) is 78.9 Å². The fourth-order valence-corrected chi connectivity index (χ4v) is 6.50. The van der Waals surface area contributed by atoms with Crippen LogP contribution in [0.2, 0.25) is 0 Å². The molecule has 0 aliphatic rings. The molecule has 0 heterocycles. The maximum Gasteiger partial charge on any atom is 0.306 e. The largest absolute Gasteiger partial charge is 0.462 e. The molecule has 0 rings (SSSR count). The Morgan fingerprint density at radius 1 is 0.356 bits per heavy atom. The van der Waals surface area contributed by atoms with Crippen molar-refractivity contribution >= 4 is 17.9 Å². The first-order chi connectivity index (χ1) is 29.0. The van der Waals surface area contributed by atoms with Gasteiger partial charge in [-0.05, 0) is 96.3 Å². The normalized spacial score (nSPS) is 12.7. The molecule has 0 radical (unpaired) electrons. The van der Waals surface area contributed by atoms with Gasteiger partial charge in [0.15, 0.2) is 6.10 Å². The standard InChI is InChI=1S/C53H90O6/c1-4-7-10-13-16-19-22-25-26-29-31-34-37-40-43-46-52(55)58-49-50(59-53(56)47-44-41-38-35-32-28-24-21-18-15-12-9-6-3)48-57-51(54)45-42-39-36-33-30-27-23-20-17-14-11-8-5-2/h9,12,18,20-21,23,25-26,28,32,38,41,50H,4-8,10-11,13-17,19,22,24,27,29-31,33-37,39-40,42-49H2,1-3H3/b12-9-,21-18-,23-20-,26-25-,32-28-,41-38-. The molecule has 0 spiro atoms. The summed E-state index contributed by atoms with van der Waals surface area (Å²) in [5.41, 5.74) is 0. The number of esters is 3. The van der Waals surface area contributed by atoms with Crippen molar-refractivity contribution in [1.29, 1.82) is 0 Å². The first kappa shape index (κ1) is 55.9. The highest BCUT2D eigenvalue weighted by Crippen LogP contribution is 2.13. The predicted molar refractivity (Wildman–Crippen MR) is 251 cm³/mol. The summed E-state index contributed by atoms with van der Waals surface area (Å²) in [5.74, 6) is -1.01. The molecule has 0 bridgehead atoms.